The molecule has 7 nitrogen and oxygen atoms in total. The van der Waals surface area contributed by atoms with Gasteiger partial charge >= 0.3 is 0 Å². The summed E-state index contributed by atoms with van der Waals surface area (Å²) in [5, 5.41) is 2.81. The van der Waals surface area contributed by atoms with Gasteiger partial charge < -0.3 is 14.8 Å². The molecule has 2 aromatic rings. The van der Waals surface area contributed by atoms with Crippen molar-refractivity contribution in [2.24, 2.45) is 5.92 Å². The molecule has 0 unspecified atom stereocenters. The maximum atomic E-state index is 12.6. The van der Waals surface area contributed by atoms with Crippen LogP contribution in [0.15, 0.2) is 47.4 Å². The molecule has 8 heteroatoms. The average Bonchev–Trinajstić information content (AvgIpc) is 3.47. The second-order valence-corrected chi connectivity index (χ2v) is 7.65. The fourth-order valence-corrected chi connectivity index (χ4v) is 3.48. The van der Waals surface area contributed by atoms with Gasteiger partial charge in [0.05, 0.1) is 19.1 Å². The van der Waals surface area contributed by atoms with E-state index in [9.17, 15) is 13.2 Å². The minimum Gasteiger partial charge on any atom is -0.493 e. The van der Waals surface area contributed by atoms with E-state index in [-0.39, 0.29) is 16.7 Å². The summed E-state index contributed by atoms with van der Waals surface area (Å²) < 4.78 is 37.9. The number of anilines is 2. The number of methoxy groups -OCH3 is 2. The molecule has 2 aromatic carbocycles. The van der Waals surface area contributed by atoms with Gasteiger partial charge in [-0.1, -0.05) is 0 Å². The van der Waals surface area contributed by atoms with E-state index in [1.807, 2.05) is 0 Å². The summed E-state index contributed by atoms with van der Waals surface area (Å²) in [7, 11) is -0.862. The molecule has 1 saturated carbocycles. The first kappa shape index (κ1) is 18.1. The third-order valence-electron chi connectivity index (χ3n) is 4.02. The zero-order valence-electron chi connectivity index (χ0n) is 14.5. The van der Waals surface area contributed by atoms with Gasteiger partial charge in [0.2, 0.25) is 5.91 Å². The van der Waals surface area contributed by atoms with Gasteiger partial charge in [0.15, 0.2) is 11.5 Å². The topological polar surface area (TPSA) is 93.7 Å². The number of hydrogen-bond donors (Lipinski definition) is 2. The first-order valence-corrected chi connectivity index (χ1v) is 9.57. The van der Waals surface area contributed by atoms with Crippen LogP contribution >= 0.6 is 0 Å². The molecule has 26 heavy (non-hydrogen) atoms. The lowest BCUT2D eigenvalue weighted by molar-refractivity contribution is -0.117. The summed E-state index contributed by atoms with van der Waals surface area (Å²) in [6.45, 7) is 0. The number of nitrogens with one attached hydrogen (secondary N) is 2. The first-order valence-electron chi connectivity index (χ1n) is 8.09. The third-order valence-corrected chi connectivity index (χ3v) is 5.40. The molecule has 0 atom stereocenters. The Balaban J connectivity index is 1.73. The third kappa shape index (κ3) is 4.08. The van der Waals surface area contributed by atoms with Gasteiger partial charge in [-0.05, 0) is 49.2 Å². The van der Waals surface area contributed by atoms with Crippen LogP contribution in [0.2, 0.25) is 0 Å². The highest BCUT2D eigenvalue weighted by Crippen LogP contribution is 2.31. The zero-order valence-corrected chi connectivity index (χ0v) is 15.3. The van der Waals surface area contributed by atoms with E-state index in [1.165, 1.54) is 32.4 Å². The number of hydrogen-bond acceptors (Lipinski definition) is 5. The van der Waals surface area contributed by atoms with E-state index in [0.29, 0.717) is 22.9 Å². The predicted octanol–water partition coefficient (Wildman–Crippen LogP) is 2.85. The lowest BCUT2D eigenvalue weighted by Crippen LogP contribution is -2.14. The average molecular weight is 376 g/mol. The van der Waals surface area contributed by atoms with Crippen molar-refractivity contribution in [3.8, 4) is 11.5 Å². The lowest BCUT2D eigenvalue weighted by Gasteiger charge is -2.12. The van der Waals surface area contributed by atoms with E-state index in [4.69, 9.17) is 9.47 Å². The SMILES string of the molecule is COc1ccc(S(=O)(=O)Nc2ccc(NC(=O)C3CC3)cc2)cc1OC. The Bertz CT molecular complexity index is 906. The van der Waals surface area contributed by atoms with Gasteiger partial charge in [-0.2, -0.15) is 0 Å². The molecule has 0 radical (unpaired) electrons. The quantitative estimate of drug-likeness (QED) is 0.775. The number of benzene rings is 2. The largest absolute Gasteiger partial charge is 0.493 e. The van der Waals surface area contributed by atoms with Gasteiger partial charge in [-0.25, -0.2) is 8.42 Å². The summed E-state index contributed by atoms with van der Waals surface area (Å²) in [6, 6.07) is 10.9. The minimum absolute atomic E-state index is 0.00339. The fourth-order valence-electron chi connectivity index (χ4n) is 2.41. The van der Waals surface area contributed by atoms with Crippen LogP contribution in [0.1, 0.15) is 12.8 Å². The standard InChI is InChI=1S/C18H20N2O5S/c1-24-16-10-9-15(11-17(16)25-2)26(22,23)20-14-7-5-13(6-8-14)19-18(21)12-3-4-12/h5-12,20H,3-4H2,1-2H3,(H,19,21). The Morgan fingerprint density at radius 3 is 2.15 bits per heavy atom. The van der Waals surface area contributed by atoms with Crippen molar-refractivity contribution in [3.63, 3.8) is 0 Å². The molecule has 0 bridgehead atoms. The highest BCUT2D eigenvalue weighted by Gasteiger charge is 2.29. The van der Waals surface area contributed by atoms with Gasteiger partial charge in [-0.15, -0.1) is 0 Å². The Labute approximate surface area is 152 Å². The molecule has 0 aromatic heterocycles. The molecule has 3 rings (SSSR count). The second-order valence-electron chi connectivity index (χ2n) is 5.96. The molecule has 1 aliphatic carbocycles. The van der Waals surface area contributed by atoms with Gasteiger partial charge in [0, 0.05) is 23.4 Å². The molecular formula is C18H20N2O5S. The van der Waals surface area contributed by atoms with Crippen LogP contribution in [-0.2, 0) is 14.8 Å². The second kappa shape index (κ2) is 7.25. The Morgan fingerprint density at radius 2 is 1.58 bits per heavy atom. The van der Waals surface area contributed by atoms with Crippen molar-refractivity contribution in [3.05, 3.63) is 42.5 Å². The Hall–Kier alpha value is -2.74. The zero-order chi connectivity index (χ0) is 18.7. The molecule has 138 valence electrons. The predicted molar refractivity (Wildman–Crippen MR) is 98.2 cm³/mol. The van der Waals surface area contributed by atoms with Crippen LogP contribution in [0.25, 0.3) is 0 Å². The maximum absolute atomic E-state index is 12.6. The molecule has 0 saturated heterocycles. The highest BCUT2D eigenvalue weighted by molar-refractivity contribution is 7.92. The summed E-state index contributed by atoms with van der Waals surface area (Å²) in [5.74, 6) is 0.887. The van der Waals surface area contributed by atoms with E-state index in [2.05, 4.69) is 10.0 Å². The summed E-state index contributed by atoms with van der Waals surface area (Å²) in [4.78, 5) is 11.8. The number of sulfonamides is 1. The Morgan fingerprint density at radius 1 is 0.962 bits per heavy atom. The number of rotatable bonds is 7. The smallest absolute Gasteiger partial charge is 0.262 e. The van der Waals surface area contributed by atoms with E-state index >= 15 is 0 Å². The molecule has 0 aliphatic heterocycles. The fraction of sp³-hybridized carbons (Fsp3) is 0.278. The van der Waals surface area contributed by atoms with Crippen molar-refractivity contribution in [2.45, 2.75) is 17.7 Å². The molecule has 0 heterocycles. The molecular weight excluding hydrogens is 356 g/mol. The normalized spacial score (nSPS) is 13.8. The molecule has 0 spiro atoms. The van der Waals surface area contributed by atoms with Crippen molar-refractivity contribution in [1.82, 2.24) is 0 Å². The monoisotopic (exact) mass is 376 g/mol. The highest BCUT2D eigenvalue weighted by atomic mass is 32.2. The van der Waals surface area contributed by atoms with Crippen molar-refractivity contribution >= 4 is 27.3 Å². The molecule has 1 fully saturated rings. The van der Waals surface area contributed by atoms with Crippen LogP contribution in [0.4, 0.5) is 11.4 Å². The van der Waals surface area contributed by atoms with Crippen molar-refractivity contribution in [2.75, 3.05) is 24.3 Å². The number of amides is 1. The van der Waals surface area contributed by atoms with E-state index in [0.717, 1.165) is 12.8 Å². The number of carbonyl (C=O) groups is 1. The van der Waals surface area contributed by atoms with Gasteiger partial charge in [-0.3, -0.25) is 9.52 Å². The Kier molecular flexibility index (Phi) is 5.03. The van der Waals surface area contributed by atoms with Crippen LogP contribution in [0.5, 0.6) is 11.5 Å². The van der Waals surface area contributed by atoms with Crippen molar-refractivity contribution < 1.29 is 22.7 Å². The van der Waals surface area contributed by atoms with E-state index < -0.39 is 10.0 Å². The molecule has 1 aliphatic rings. The summed E-state index contributed by atoms with van der Waals surface area (Å²) in [5.41, 5.74) is 1.03. The minimum atomic E-state index is -3.78. The first-order chi connectivity index (χ1) is 12.4. The number of ether oxygens (including phenoxy) is 2. The van der Waals surface area contributed by atoms with Crippen molar-refractivity contribution in [1.29, 1.82) is 0 Å². The van der Waals surface area contributed by atoms with Gasteiger partial charge in [0.25, 0.3) is 10.0 Å². The summed E-state index contributed by atoms with van der Waals surface area (Å²) in [6.07, 6.45) is 1.85. The maximum Gasteiger partial charge on any atom is 0.262 e. The van der Waals surface area contributed by atoms with Crippen LogP contribution in [0, 0.1) is 5.92 Å². The van der Waals surface area contributed by atoms with Gasteiger partial charge in [0.1, 0.15) is 0 Å². The molecule has 1 amide bonds. The lowest BCUT2D eigenvalue weighted by atomic mass is 10.2. The van der Waals surface area contributed by atoms with Crippen LogP contribution in [-0.4, -0.2) is 28.5 Å². The summed E-state index contributed by atoms with van der Waals surface area (Å²) >= 11 is 0. The van der Waals surface area contributed by atoms with Crippen LogP contribution < -0.4 is 19.5 Å². The van der Waals surface area contributed by atoms with E-state index in [1.54, 1.807) is 24.3 Å². The number of carbonyl (C=O) groups excluding carboxylic acids is 1. The molecule has 2 N–H and O–H groups in total. The van der Waals surface area contributed by atoms with Crippen LogP contribution in [0.3, 0.4) is 0 Å².